The Balaban J connectivity index is 0.000000380. The minimum absolute atomic E-state index is 0.0190. The summed E-state index contributed by atoms with van der Waals surface area (Å²) in [6, 6.07) is 0. The van der Waals surface area contributed by atoms with Gasteiger partial charge in [-0.05, 0) is 127 Å². The summed E-state index contributed by atoms with van der Waals surface area (Å²) in [7, 11) is 0. The van der Waals surface area contributed by atoms with E-state index in [1.807, 2.05) is 19.1 Å². The van der Waals surface area contributed by atoms with Crippen molar-refractivity contribution in [2.75, 3.05) is 0 Å². The van der Waals surface area contributed by atoms with Crippen LogP contribution in [0.5, 0.6) is 0 Å². The van der Waals surface area contributed by atoms with Crippen molar-refractivity contribution in [3.8, 4) is 0 Å². The van der Waals surface area contributed by atoms with Crippen molar-refractivity contribution in [2.24, 2.45) is 74.9 Å². The number of carbonyl (C=O) groups excluding carboxylic acids is 2. The lowest BCUT2D eigenvalue weighted by molar-refractivity contribution is -0.150. The summed E-state index contributed by atoms with van der Waals surface area (Å²) >= 11 is 0. The van der Waals surface area contributed by atoms with Gasteiger partial charge in [0.1, 0.15) is 12.2 Å². The van der Waals surface area contributed by atoms with Gasteiger partial charge in [0.2, 0.25) is 0 Å². The van der Waals surface area contributed by atoms with Crippen LogP contribution in [0.4, 0.5) is 0 Å². The Morgan fingerprint density at radius 2 is 1.01 bits per heavy atom. The van der Waals surface area contributed by atoms with E-state index in [4.69, 9.17) is 18.9 Å². The monoisotopic (exact) mass is 1000 g/mol. The third kappa shape index (κ3) is 20.8. The maximum absolute atomic E-state index is 12.8. The number of ether oxygens (including phenoxy) is 4. The number of hydrogen-bond acceptors (Lipinski definition) is 7. The maximum Gasteiger partial charge on any atom is 0.306 e. The molecule has 0 aromatic carbocycles. The number of aliphatic hydroxyl groups is 1. The lowest BCUT2D eigenvalue weighted by Crippen LogP contribution is -2.31. The van der Waals surface area contributed by atoms with E-state index >= 15 is 0 Å². The van der Waals surface area contributed by atoms with E-state index in [0.29, 0.717) is 72.8 Å². The number of aliphatic hydroxyl groups excluding tert-OH is 1. The SMILES string of the molecule is CCC(C)C(C)C1OC1CC(C)(C)/C=C/C=C(\C)C1OC(=O)CC(C)CCC(C)(C)C(C)/C=C/C1C.CCC(C)C(C)C1OC1CC(C)(C)/C=C/C=C(\C)C1OC(=O)CC(C)CCC(C)(C)C(O)/C=C/C1C. The summed E-state index contributed by atoms with van der Waals surface area (Å²) < 4.78 is 24.2. The van der Waals surface area contributed by atoms with Crippen LogP contribution in [0.2, 0.25) is 0 Å². The van der Waals surface area contributed by atoms with Crippen LogP contribution in [0.3, 0.4) is 0 Å². The highest BCUT2D eigenvalue weighted by molar-refractivity contribution is 5.70. The van der Waals surface area contributed by atoms with E-state index in [0.717, 1.165) is 49.7 Å². The Kier molecular flexibility index (Phi) is 24.6. The molecule has 4 heterocycles. The molecule has 0 saturated carbocycles. The van der Waals surface area contributed by atoms with Gasteiger partial charge in [-0.2, -0.15) is 0 Å². The van der Waals surface area contributed by atoms with Crippen LogP contribution in [0.25, 0.3) is 0 Å². The first-order chi connectivity index (χ1) is 33.3. The summed E-state index contributed by atoms with van der Waals surface area (Å²) in [6.07, 6.45) is 31.1. The van der Waals surface area contributed by atoms with Gasteiger partial charge in [-0.15, -0.1) is 0 Å². The van der Waals surface area contributed by atoms with Gasteiger partial charge >= 0.3 is 11.9 Å². The fourth-order valence-corrected chi connectivity index (χ4v) is 10.6. The molecule has 0 bridgehead atoms. The van der Waals surface area contributed by atoms with Crippen molar-refractivity contribution in [3.63, 3.8) is 0 Å². The number of epoxide rings is 2. The third-order valence-electron chi connectivity index (χ3n) is 17.9. The van der Waals surface area contributed by atoms with Crippen molar-refractivity contribution in [1.29, 1.82) is 0 Å². The Morgan fingerprint density at radius 1 is 0.639 bits per heavy atom. The molecule has 4 rings (SSSR count). The zero-order valence-corrected chi connectivity index (χ0v) is 50.0. The molecule has 412 valence electrons. The van der Waals surface area contributed by atoms with E-state index in [1.165, 1.54) is 12.8 Å². The fraction of sp³-hybridized carbons (Fsp3) is 0.785. The lowest BCUT2D eigenvalue weighted by atomic mass is 9.74. The number of rotatable bonds is 16. The first kappa shape index (κ1) is 63.6. The standard InChI is InChI=1S/C33H56O3.C32H54O4/c1-12-23(3)27(7)31-28(35-31)21-32(8,9)18-13-14-24(4)30-25(5)15-16-26(6)33(10,11)19-17-22(2)20-29(34)36-30;1-11-22(3)25(6)30-26(35-30)20-31(7,8)17-12-13-23(4)29-24(5)14-15-27(33)32(9,10)18-16-21(2)19-28(34)36-29/h13-16,18,22-23,25-28,30-31H,12,17,19-21H2,1-11H3;12-15,17,21-22,24-27,29-30,33H,11,16,18-20H2,1-10H3/b16-15+,18-13+,24-14+;15-14+,17-12+,23-13+. The van der Waals surface area contributed by atoms with Crippen molar-refractivity contribution >= 4 is 11.9 Å². The third-order valence-corrected chi connectivity index (χ3v) is 17.9. The molecule has 7 heteroatoms. The maximum atomic E-state index is 12.8. The lowest BCUT2D eigenvalue weighted by Gasteiger charge is -2.32. The second kappa shape index (κ2) is 27.9. The molecule has 4 aliphatic rings. The fourth-order valence-electron chi connectivity index (χ4n) is 10.6. The molecule has 0 radical (unpaired) electrons. The van der Waals surface area contributed by atoms with Gasteiger partial charge in [0.15, 0.2) is 0 Å². The second-order valence-electron chi connectivity index (χ2n) is 26.9. The van der Waals surface area contributed by atoms with Crippen LogP contribution < -0.4 is 0 Å². The molecule has 0 aliphatic carbocycles. The van der Waals surface area contributed by atoms with Gasteiger partial charge in [-0.3, -0.25) is 9.59 Å². The van der Waals surface area contributed by atoms with Gasteiger partial charge < -0.3 is 24.1 Å². The Labute approximate surface area is 443 Å². The van der Waals surface area contributed by atoms with Crippen molar-refractivity contribution in [1.82, 2.24) is 0 Å². The van der Waals surface area contributed by atoms with Gasteiger partial charge in [0, 0.05) is 24.7 Å². The van der Waals surface area contributed by atoms with Crippen molar-refractivity contribution in [3.05, 3.63) is 71.9 Å². The molecule has 2 fully saturated rings. The molecule has 7 nitrogen and oxygen atoms in total. The summed E-state index contributed by atoms with van der Waals surface area (Å²) in [5.41, 5.74) is 2.17. The van der Waals surface area contributed by atoms with E-state index < -0.39 is 6.10 Å². The largest absolute Gasteiger partial charge is 0.457 e. The number of carbonyl (C=O) groups is 2. The highest BCUT2D eigenvalue weighted by Crippen LogP contribution is 2.43. The Morgan fingerprint density at radius 3 is 1.40 bits per heavy atom. The number of allylic oxidation sites excluding steroid dienone is 7. The van der Waals surface area contributed by atoms with Crippen molar-refractivity contribution < 1.29 is 33.6 Å². The van der Waals surface area contributed by atoms with Gasteiger partial charge in [-0.25, -0.2) is 0 Å². The molecular weight excluding hydrogens is 893 g/mol. The molecule has 0 amide bonds. The van der Waals surface area contributed by atoms with Gasteiger partial charge in [0.25, 0.3) is 0 Å². The molecule has 1 N–H and O–H groups in total. The minimum Gasteiger partial charge on any atom is -0.457 e. The van der Waals surface area contributed by atoms with Crippen LogP contribution >= 0.6 is 0 Å². The smallest absolute Gasteiger partial charge is 0.306 e. The highest BCUT2D eigenvalue weighted by atomic mass is 16.6. The quantitative estimate of drug-likeness (QED) is 0.0712. The Bertz CT molecular complexity index is 1740. The Hall–Kier alpha value is -2.74. The molecule has 4 aliphatic heterocycles. The van der Waals surface area contributed by atoms with E-state index in [2.05, 4.69) is 187 Å². The first-order valence-corrected chi connectivity index (χ1v) is 28.8. The van der Waals surface area contributed by atoms with Gasteiger partial charge in [-0.1, -0.05) is 205 Å². The molecular formula is C65H110O7. The minimum atomic E-state index is -0.524. The van der Waals surface area contributed by atoms with Gasteiger partial charge in [0.05, 0.1) is 30.5 Å². The highest BCUT2D eigenvalue weighted by Gasteiger charge is 2.47. The van der Waals surface area contributed by atoms with E-state index in [-0.39, 0.29) is 63.6 Å². The summed E-state index contributed by atoms with van der Waals surface area (Å²) in [5.74, 6) is 3.51. The van der Waals surface area contributed by atoms with Crippen LogP contribution in [-0.2, 0) is 28.5 Å². The molecule has 0 spiro atoms. The summed E-state index contributed by atoms with van der Waals surface area (Å²) in [4.78, 5) is 25.6. The predicted octanol–water partition coefficient (Wildman–Crippen LogP) is 16.6. The second-order valence-corrected chi connectivity index (χ2v) is 26.9. The molecule has 72 heavy (non-hydrogen) atoms. The average Bonchev–Trinajstić information content (AvgIpc) is 4.24. The average molecular weight is 1000 g/mol. The zero-order chi connectivity index (χ0) is 54.5. The molecule has 16 atom stereocenters. The number of cyclic esters (lactones) is 2. The normalized spacial score (nSPS) is 34.9. The van der Waals surface area contributed by atoms with E-state index in [9.17, 15) is 14.7 Å². The van der Waals surface area contributed by atoms with Crippen LogP contribution in [-0.4, -0.2) is 59.8 Å². The molecule has 2 saturated heterocycles. The molecule has 0 aromatic heterocycles. The predicted molar refractivity (Wildman–Crippen MR) is 302 cm³/mol. The summed E-state index contributed by atoms with van der Waals surface area (Å²) in [5, 5.41) is 10.8. The van der Waals surface area contributed by atoms with E-state index in [1.54, 1.807) is 0 Å². The number of esters is 2. The number of hydrogen-bond donors (Lipinski definition) is 1. The van der Waals surface area contributed by atoms with Crippen LogP contribution in [0.15, 0.2) is 71.9 Å². The molecule has 16 unspecified atom stereocenters. The molecule has 0 aromatic rings. The summed E-state index contributed by atoms with van der Waals surface area (Å²) in [6.45, 7) is 46.7. The van der Waals surface area contributed by atoms with Crippen LogP contribution in [0, 0.1) is 74.9 Å². The topological polar surface area (TPSA) is 97.9 Å². The zero-order valence-electron chi connectivity index (χ0n) is 50.0. The first-order valence-electron chi connectivity index (χ1n) is 28.8. The van der Waals surface area contributed by atoms with Crippen molar-refractivity contribution in [2.45, 2.75) is 252 Å². The van der Waals surface area contributed by atoms with Crippen LogP contribution in [0.1, 0.15) is 210 Å².